The quantitative estimate of drug-likeness (QED) is 0.824. The summed E-state index contributed by atoms with van der Waals surface area (Å²) in [5, 5.41) is 8.75. The van der Waals surface area contributed by atoms with Crippen molar-refractivity contribution in [1.29, 1.82) is 0 Å². The normalized spacial score (nSPS) is 20.2. The van der Waals surface area contributed by atoms with E-state index in [1.165, 1.54) is 12.1 Å². The summed E-state index contributed by atoms with van der Waals surface area (Å²) in [7, 11) is 0. The van der Waals surface area contributed by atoms with Crippen LogP contribution in [0.25, 0.3) is 0 Å². The summed E-state index contributed by atoms with van der Waals surface area (Å²) >= 11 is 0. The van der Waals surface area contributed by atoms with Gasteiger partial charge in [-0.3, -0.25) is 4.79 Å². The van der Waals surface area contributed by atoms with E-state index in [1.807, 2.05) is 6.92 Å². The number of rotatable bonds is 2. The third-order valence-electron chi connectivity index (χ3n) is 2.74. The minimum absolute atomic E-state index is 0.107. The largest absolute Gasteiger partial charge is 0.478 e. The van der Waals surface area contributed by atoms with Gasteiger partial charge in [-0.2, -0.15) is 0 Å². The van der Waals surface area contributed by atoms with Crippen LogP contribution in [0.1, 0.15) is 23.7 Å². The van der Waals surface area contributed by atoms with E-state index in [4.69, 9.17) is 5.11 Å². The van der Waals surface area contributed by atoms with Gasteiger partial charge in [0, 0.05) is 18.7 Å². The standard InChI is InChI=1S/C12H13NO3/c1-8-6-11(14)13(7-8)10-4-2-9(3-5-10)12(15)16/h2-5,8H,6-7H2,1H3,(H,15,16). The summed E-state index contributed by atoms with van der Waals surface area (Å²) in [4.78, 5) is 24.0. The summed E-state index contributed by atoms with van der Waals surface area (Å²) < 4.78 is 0. The van der Waals surface area contributed by atoms with E-state index in [-0.39, 0.29) is 11.5 Å². The van der Waals surface area contributed by atoms with E-state index in [0.717, 1.165) is 5.69 Å². The average Bonchev–Trinajstić information content (AvgIpc) is 2.58. The number of carbonyl (C=O) groups excluding carboxylic acids is 1. The van der Waals surface area contributed by atoms with Crippen LogP contribution in [-0.4, -0.2) is 23.5 Å². The first-order chi connectivity index (χ1) is 7.58. The van der Waals surface area contributed by atoms with Crippen molar-refractivity contribution >= 4 is 17.6 Å². The zero-order valence-electron chi connectivity index (χ0n) is 9.01. The Morgan fingerprint density at radius 1 is 1.38 bits per heavy atom. The molecule has 2 rings (SSSR count). The highest BCUT2D eigenvalue weighted by molar-refractivity contribution is 5.96. The average molecular weight is 219 g/mol. The Labute approximate surface area is 93.5 Å². The molecule has 1 aliphatic heterocycles. The van der Waals surface area contributed by atoms with Gasteiger partial charge in [-0.15, -0.1) is 0 Å². The number of carboxylic acid groups (broad SMARTS) is 1. The van der Waals surface area contributed by atoms with Gasteiger partial charge < -0.3 is 10.0 Å². The van der Waals surface area contributed by atoms with Crippen LogP contribution in [0, 0.1) is 5.92 Å². The number of hydrogen-bond acceptors (Lipinski definition) is 2. The van der Waals surface area contributed by atoms with Gasteiger partial charge in [0.1, 0.15) is 0 Å². The van der Waals surface area contributed by atoms with E-state index in [1.54, 1.807) is 17.0 Å². The summed E-state index contributed by atoms with van der Waals surface area (Å²) in [6, 6.07) is 6.40. The second-order valence-corrected chi connectivity index (χ2v) is 4.17. The lowest BCUT2D eigenvalue weighted by Crippen LogP contribution is -2.24. The molecule has 84 valence electrons. The Kier molecular flexibility index (Phi) is 2.64. The number of hydrogen-bond donors (Lipinski definition) is 1. The zero-order valence-corrected chi connectivity index (χ0v) is 9.01. The first kappa shape index (κ1) is 10.7. The van der Waals surface area contributed by atoms with E-state index in [9.17, 15) is 9.59 Å². The number of carbonyl (C=O) groups is 2. The molecule has 0 radical (unpaired) electrons. The van der Waals surface area contributed by atoms with Crippen molar-refractivity contribution in [2.75, 3.05) is 11.4 Å². The Bertz CT molecular complexity index is 424. The molecule has 1 atom stereocenters. The molecule has 1 N–H and O–H groups in total. The molecule has 1 unspecified atom stereocenters. The van der Waals surface area contributed by atoms with Gasteiger partial charge in [0.15, 0.2) is 0 Å². The topological polar surface area (TPSA) is 57.6 Å². The molecule has 1 aliphatic rings. The predicted octanol–water partition coefficient (Wildman–Crippen LogP) is 1.76. The molecule has 1 saturated heterocycles. The lowest BCUT2D eigenvalue weighted by molar-refractivity contribution is -0.117. The van der Waals surface area contributed by atoms with Gasteiger partial charge in [0.05, 0.1) is 5.56 Å². The van der Waals surface area contributed by atoms with Crippen molar-refractivity contribution in [1.82, 2.24) is 0 Å². The highest BCUT2D eigenvalue weighted by Crippen LogP contribution is 2.24. The molecule has 4 nitrogen and oxygen atoms in total. The van der Waals surface area contributed by atoms with Crippen molar-refractivity contribution < 1.29 is 14.7 Å². The van der Waals surface area contributed by atoms with Crippen LogP contribution in [0.2, 0.25) is 0 Å². The predicted molar refractivity (Wildman–Crippen MR) is 59.5 cm³/mol. The molecule has 1 amide bonds. The number of anilines is 1. The smallest absolute Gasteiger partial charge is 0.335 e. The Morgan fingerprint density at radius 2 is 2.00 bits per heavy atom. The van der Waals surface area contributed by atoms with Crippen molar-refractivity contribution in [2.45, 2.75) is 13.3 Å². The third kappa shape index (κ3) is 1.91. The molecule has 1 aromatic carbocycles. The second-order valence-electron chi connectivity index (χ2n) is 4.17. The molecule has 0 aromatic heterocycles. The lowest BCUT2D eigenvalue weighted by Gasteiger charge is -2.16. The summed E-state index contributed by atoms with van der Waals surface area (Å²) in [6.07, 6.45) is 0.570. The molecule has 16 heavy (non-hydrogen) atoms. The molecular weight excluding hydrogens is 206 g/mol. The van der Waals surface area contributed by atoms with E-state index in [0.29, 0.717) is 18.9 Å². The number of aromatic carboxylic acids is 1. The zero-order chi connectivity index (χ0) is 11.7. The number of nitrogens with zero attached hydrogens (tertiary/aromatic N) is 1. The van der Waals surface area contributed by atoms with Crippen LogP contribution < -0.4 is 4.90 Å². The fourth-order valence-corrected chi connectivity index (χ4v) is 1.92. The molecule has 1 heterocycles. The molecule has 0 spiro atoms. The van der Waals surface area contributed by atoms with Gasteiger partial charge in [-0.1, -0.05) is 6.92 Å². The highest BCUT2D eigenvalue weighted by atomic mass is 16.4. The van der Waals surface area contributed by atoms with E-state index >= 15 is 0 Å². The third-order valence-corrected chi connectivity index (χ3v) is 2.74. The molecular formula is C12H13NO3. The summed E-state index contributed by atoms with van der Waals surface area (Å²) in [5.74, 6) is -0.477. The van der Waals surface area contributed by atoms with Crippen LogP contribution in [0.5, 0.6) is 0 Å². The van der Waals surface area contributed by atoms with Gasteiger partial charge in [0.25, 0.3) is 0 Å². The van der Waals surface area contributed by atoms with Crippen LogP contribution in [0.15, 0.2) is 24.3 Å². The van der Waals surface area contributed by atoms with E-state index < -0.39 is 5.97 Å². The van der Waals surface area contributed by atoms with Crippen molar-refractivity contribution in [3.05, 3.63) is 29.8 Å². The van der Waals surface area contributed by atoms with Crippen molar-refractivity contribution in [3.8, 4) is 0 Å². The molecule has 0 saturated carbocycles. The monoisotopic (exact) mass is 219 g/mol. The first-order valence-corrected chi connectivity index (χ1v) is 5.21. The summed E-state index contributed by atoms with van der Waals surface area (Å²) in [6.45, 7) is 2.74. The SMILES string of the molecule is CC1CC(=O)N(c2ccc(C(=O)O)cc2)C1. The first-order valence-electron chi connectivity index (χ1n) is 5.21. The lowest BCUT2D eigenvalue weighted by atomic mass is 10.2. The molecule has 1 fully saturated rings. The van der Waals surface area contributed by atoms with Crippen LogP contribution in [0.4, 0.5) is 5.69 Å². The fourth-order valence-electron chi connectivity index (χ4n) is 1.92. The maximum atomic E-state index is 11.6. The maximum Gasteiger partial charge on any atom is 0.335 e. The van der Waals surface area contributed by atoms with Gasteiger partial charge in [0.2, 0.25) is 5.91 Å². The fraction of sp³-hybridized carbons (Fsp3) is 0.333. The Morgan fingerprint density at radius 3 is 2.44 bits per heavy atom. The number of carboxylic acids is 1. The van der Waals surface area contributed by atoms with Crippen molar-refractivity contribution in [2.24, 2.45) is 5.92 Å². The van der Waals surface area contributed by atoms with Gasteiger partial charge >= 0.3 is 5.97 Å². The van der Waals surface area contributed by atoms with Crippen LogP contribution in [-0.2, 0) is 4.79 Å². The van der Waals surface area contributed by atoms with Gasteiger partial charge in [-0.05, 0) is 30.2 Å². The second kappa shape index (κ2) is 3.96. The minimum atomic E-state index is -0.951. The highest BCUT2D eigenvalue weighted by Gasteiger charge is 2.27. The van der Waals surface area contributed by atoms with Crippen LogP contribution in [0.3, 0.4) is 0 Å². The Hall–Kier alpha value is -1.84. The summed E-state index contributed by atoms with van der Waals surface area (Å²) in [5.41, 5.74) is 1.02. The van der Waals surface area contributed by atoms with Crippen LogP contribution >= 0.6 is 0 Å². The number of amides is 1. The Balaban J connectivity index is 2.22. The molecule has 1 aromatic rings. The van der Waals surface area contributed by atoms with E-state index in [2.05, 4.69) is 0 Å². The number of benzene rings is 1. The van der Waals surface area contributed by atoms with Gasteiger partial charge in [-0.25, -0.2) is 4.79 Å². The van der Waals surface area contributed by atoms with Crippen molar-refractivity contribution in [3.63, 3.8) is 0 Å². The minimum Gasteiger partial charge on any atom is -0.478 e. The molecule has 4 heteroatoms. The molecule has 0 bridgehead atoms. The maximum absolute atomic E-state index is 11.6. The molecule has 0 aliphatic carbocycles.